The van der Waals surface area contributed by atoms with Crippen molar-refractivity contribution in [2.75, 3.05) is 13.7 Å². The lowest BCUT2D eigenvalue weighted by Gasteiger charge is -2.14. The fourth-order valence-corrected chi connectivity index (χ4v) is 2.79. The molecule has 0 spiro atoms. The Morgan fingerprint density at radius 2 is 2.00 bits per heavy atom. The highest BCUT2D eigenvalue weighted by atomic mass is 35.5. The van der Waals surface area contributed by atoms with Gasteiger partial charge in [0.25, 0.3) is 11.5 Å². The lowest BCUT2D eigenvalue weighted by molar-refractivity contribution is -0.143. The first kappa shape index (κ1) is 21.2. The van der Waals surface area contributed by atoms with Gasteiger partial charge in [0, 0.05) is 17.6 Å². The first-order chi connectivity index (χ1) is 14.3. The van der Waals surface area contributed by atoms with E-state index in [0.717, 1.165) is 11.8 Å². The average Bonchev–Trinajstić information content (AvgIpc) is 3.18. The fourth-order valence-electron chi connectivity index (χ4n) is 2.67. The lowest BCUT2D eigenvalue weighted by atomic mass is 10.1. The Bertz CT molecular complexity index is 1140. The molecular formula is C19H18ClN5O5. The van der Waals surface area contributed by atoms with E-state index in [2.05, 4.69) is 20.3 Å². The van der Waals surface area contributed by atoms with Crippen molar-refractivity contribution < 1.29 is 19.4 Å². The van der Waals surface area contributed by atoms with E-state index in [-0.39, 0.29) is 5.56 Å². The maximum atomic E-state index is 13.0. The van der Waals surface area contributed by atoms with Gasteiger partial charge < -0.3 is 15.2 Å². The Kier molecular flexibility index (Phi) is 6.28. The predicted octanol–water partition coefficient (Wildman–Crippen LogP) is 0.550. The van der Waals surface area contributed by atoms with Gasteiger partial charge in [-0.2, -0.15) is 14.9 Å². The van der Waals surface area contributed by atoms with Crippen LogP contribution in [-0.4, -0.2) is 56.3 Å². The van der Waals surface area contributed by atoms with Crippen molar-refractivity contribution in [2.45, 2.75) is 6.04 Å². The van der Waals surface area contributed by atoms with Gasteiger partial charge in [0.1, 0.15) is 11.3 Å². The van der Waals surface area contributed by atoms with Gasteiger partial charge in [-0.1, -0.05) is 23.7 Å². The van der Waals surface area contributed by atoms with Gasteiger partial charge in [0.2, 0.25) is 0 Å². The van der Waals surface area contributed by atoms with Crippen molar-refractivity contribution in [1.82, 2.24) is 24.9 Å². The van der Waals surface area contributed by atoms with Crippen LogP contribution in [0.2, 0.25) is 5.02 Å². The van der Waals surface area contributed by atoms with E-state index in [1.165, 1.54) is 16.9 Å². The molecule has 0 aliphatic carbocycles. The highest BCUT2D eigenvalue weighted by molar-refractivity contribution is 6.30. The van der Waals surface area contributed by atoms with Gasteiger partial charge in [-0.15, -0.1) is 0 Å². The van der Waals surface area contributed by atoms with Crippen LogP contribution in [0.15, 0.2) is 47.5 Å². The van der Waals surface area contributed by atoms with E-state index in [0.29, 0.717) is 22.0 Å². The number of halogens is 1. The van der Waals surface area contributed by atoms with E-state index in [1.807, 2.05) is 0 Å². The monoisotopic (exact) mass is 431 g/mol. The van der Waals surface area contributed by atoms with Crippen LogP contribution in [0.1, 0.15) is 10.4 Å². The van der Waals surface area contributed by atoms with Crippen LogP contribution >= 0.6 is 11.6 Å². The van der Waals surface area contributed by atoms with Gasteiger partial charge in [0.05, 0.1) is 31.8 Å². The summed E-state index contributed by atoms with van der Waals surface area (Å²) in [5.41, 5.74) is 0.275. The molecular weight excluding hydrogens is 414 g/mol. The average molecular weight is 432 g/mol. The molecule has 3 aromatic rings. The molecule has 1 amide bonds. The summed E-state index contributed by atoms with van der Waals surface area (Å²) in [6, 6.07) is 6.67. The summed E-state index contributed by atoms with van der Waals surface area (Å²) in [6.45, 7) is -0.690. The first-order valence-electron chi connectivity index (χ1n) is 8.73. The Morgan fingerprint density at radius 1 is 1.30 bits per heavy atom. The number of carbonyl (C=O) groups excluding carboxylic acids is 2. The molecule has 0 bridgehead atoms. The van der Waals surface area contributed by atoms with Crippen LogP contribution < -0.4 is 10.9 Å². The molecule has 11 heteroatoms. The number of carbonyl (C=O) groups is 2. The highest BCUT2D eigenvalue weighted by Gasteiger charge is 2.24. The number of esters is 1. The van der Waals surface area contributed by atoms with Crippen LogP contribution in [0.5, 0.6) is 0 Å². The third-order valence-electron chi connectivity index (χ3n) is 4.21. The number of benzene rings is 1. The summed E-state index contributed by atoms with van der Waals surface area (Å²) in [7, 11) is 2.80. The number of nitrogens with zero attached hydrogens (tertiary/aromatic N) is 4. The molecule has 0 radical (unpaired) electrons. The highest BCUT2D eigenvalue weighted by Crippen LogP contribution is 2.20. The summed E-state index contributed by atoms with van der Waals surface area (Å²) in [5, 5.41) is 20.5. The quantitative estimate of drug-likeness (QED) is 0.545. The Balaban J connectivity index is 2.12. The molecule has 2 heterocycles. The van der Waals surface area contributed by atoms with Gasteiger partial charge in [-0.3, -0.25) is 14.3 Å². The van der Waals surface area contributed by atoms with Gasteiger partial charge in [-0.05, 0) is 18.2 Å². The van der Waals surface area contributed by atoms with Crippen LogP contribution in [0.4, 0.5) is 0 Å². The molecule has 2 aromatic heterocycles. The van der Waals surface area contributed by atoms with E-state index >= 15 is 0 Å². The number of hydrogen-bond acceptors (Lipinski definition) is 7. The zero-order chi connectivity index (χ0) is 21.8. The molecule has 156 valence electrons. The molecule has 0 aliphatic heterocycles. The smallest absolute Gasteiger partial charge is 0.330 e. The minimum Gasteiger partial charge on any atom is -0.467 e. The Hall–Kier alpha value is -3.50. The van der Waals surface area contributed by atoms with Crippen LogP contribution in [-0.2, 0) is 16.6 Å². The second kappa shape index (κ2) is 8.89. The number of aromatic nitrogens is 4. The molecule has 0 fully saturated rings. The Morgan fingerprint density at radius 3 is 2.57 bits per heavy atom. The molecule has 1 atom stereocenters. The summed E-state index contributed by atoms with van der Waals surface area (Å²) in [4.78, 5) is 37.4. The van der Waals surface area contributed by atoms with Crippen LogP contribution in [0.25, 0.3) is 16.9 Å². The van der Waals surface area contributed by atoms with E-state index in [1.54, 1.807) is 37.5 Å². The number of rotatable bonds is 6. The third kappa shape index (κ3) is 4.39. The predicted molar refractivity (Wildman–Crippen MR) is 107 cm³/mol. The second-order valence-electron chi connectivity index (χ2n) is 6.27. The van der Waals surface area contributed by atoms with Crippen molar-refractivity contribution in [1.29, 1.82) is 0 Å². The maximum Gasteiger partial charge on any atom is 0.330 e. The molecule has 1 unspecified atom stereocenters. The van der Waals surface area contributed by atoms with Crippen molar-refractivity contribution in [3.05, 3.63) is 63.7 Å². The second-order valence-corrected chi connectivity index (χ2v) is 6.71. The van der Waals surface area contributed by atoms with Crippen molar-refractivity contribution in [2.24, 2.45) is 7.05 Å². The maximum absolute atomic E-state index is 13.0. The van der Waals surface area contributed by atoms with Gasteiger partial charge in [0.15, 0.2) is 6.04 Å². The SMILES string of the molecule is COC(=O)C(CO)NC(=O)c1cc(-c2ccc(Cl)cc2)nn(-c2cnn(C)c2)c1=O. The van der Waals surface area contributed by atoms with Crippen molar-refractivity contribution in [3.63, 3.8) is 0 Å². The van der Waals surface area contributed by atoms with E-state index < -0.39 is 30.1 Å². The zero-order valence-electron chi connectivity index (χ0n) is 16.1. The Labute approximate surface area is 175 Å². The van der Waals surface area contributed by atoms with Gasteiger partial charge >= 0.3 is 5.97 Å². The summed E-state index contributed by atoms with van der Waals surface area (Å²) >= 11 is 5.93. The summed E-state index contributed by atoms with van der Waals surface area (Å²) in [5.74, 6) is -1.70. The lowest BCUT2D eigenvalue weighted by Crippen LogP contribution is -2.46. The zero-order valence-corrected chi connectivity index (χ0v) is 16.8. The number of amides is 1. The standard InChI is InChI=1S/C19H18ClN5O5/c1-24-9-13(8-21-24)25-18(28)14(17(27)22-16(10-26)19(29)30-2)7-15(23-25)11-3-5-12(20)6-4-11/h3-9,16,26H,10H2,1-2H3,(H,22,27). The number of hydrogen-bond donors (Lipinski definition) is 2. The topological polar surface area (TPSA) is 128 Å². The molecule has 0 saturated carbocycles. The molecule has 30 heavy (non-hydrogen) atoms. The molecule has 0 saturated heterocycles. The molecule has 10 nitrogen and oxygen atoms in total. The van der Waals surface area contributed by atoms with Crippen molar-refractivity contribution >= 4 is 23.5 Å². The van der Waals surface area contributed by atoms with Gasteiger partial charge in [-0.25, -0.2) is 4.79 Å². The van der Waals surface area contributed by atoms with Crippen LogP contribution in [0.3, 0.4) is 0 Å². The number of ether oxygens (including phenoxy) is 1. The minimum atomic E-state index is -1.32. The minimum absolute atomic E-state index is 0.277. The molecule has 2 N–H and O–H groups in total. The van der Waals surface area contributed by atoms with Crippen LogP contribution in [0, 0.1) is 0 Å². The van der Waals surface area contributed by atoms with E-state index in [9.17, 15) is 19.5 Å². The normalized spacial score (nSPS) is 11.7. The molecule has 0 aliphatic rings. The largest absolute Gasteiger partial charge is 0.467 e. The molecule has 1 aromatic carbocycles. The summed E-state index contributed by atoms with van der Waals surface area (Å²) < 4.78 is 7.06. The number of nitrogens with one attached hydrogen (secondary N) is 1. The summed E-state index contributed by atoms with van der Waals surface area (Å²) in [6.07, 6.45) is 2.99. The number of aliphatic hydroxyl groups is 1. The third-order valence-corrected chi connectivity index (χ3v) is 4.46. The molecule has 3 rings (SSSR count). The number of aryl methyl sites for hydroxylation is 1. The van der Waals surface area contributed by atoms with E-state index in [4.69, 9.17) is 11.6 Å². The van der Waals surface area contributed by atoms with Crippen molar-refractivity contribution in [3.8, 4) is 16.9 Å². The fraction of sp³-hybridized carbons (Fsp3) is 0.211. The first-order valence-corrected chi connectivity index (χ1v) is 9.10. The number of methoxy groups -OCH3 is 1. The number of aliphatic hydroxyl groups excluding tert-OH is 1.